The second-order valence-corrected chi connectivity index (χ2v) is 5.59. The number of hydroxylamine groups is 2. The molecule has 1 aromatic rings. The summed E-state index contributed by atoms with van der Waals surface area (Å²) >= 11 is 0. The Kier molecular flexibility index (Phi) is 9.47. The van der Waals surface area contributed by atoms with Crippen LogP contribution in [0.5, 0.6) is 0 Å². The van der Waals surface area contributed by atoms with Crippen LogP contribution in [0.15, 0.2) is 59.8 Å². The molecule has 27 heavy (non-hydrogen) atoms. The Labute approximate surface area is 159 Å². The molecule has 1 aromatic carbocycles. The van der Waals surface area contributed by atoms with Crippen LogP contribution in [0.1, 0.15) is 25.0 Å². The highest BCUT2D eigenvalue weighted by Crippen LogP contribution is 2.21. The molecule has 0 heterocycles. The summed E-state index contributed by atoms with van der Waals surface area (Å²) in [6.45, 7) is 7.86. The average Bonchev–Trinajstić information content (AvgIpc) is 2.65. The molecule has 0 aliphatic carbocycles. The third-order valence-corrected chi connectivity index (χ3v) is 3.25. The molecule has 0 amide bonds. The van der Waals surface area contributed by atoms with Gasteiger partial charge in [-0.3, -0.25) is 20.6 Å². The van der Waals surface area contributed by atoms with Crippen LogP contribution in [0, 0.1) is 0 Å². The van der Waals surface area contributed by atoms with Gasteiger partial charge in [-0.25, -0.2) is 4.79 Å². The van der Waals surface area contributed by atoms with E-state index in [-0.39, 0.29) is 6.61 Å². The van der Waals surface area contributed by atoms with E-state index in [1.807, 2.05) is 32.0 Å². The maximum absolute atomic E-state index is 12.0. The van der Waals surface area contributed by atoms with Gasteiger partial charge in [-0.05, 0) is 30.5 Å². The number of nitrogens with one attached hydrogen (secondary N) is 2. The van der Waals surface area contributed by atoms with Gasteiger partial charge >= 0.3 is 5.97 Å². The van der Waals surface area contributed by atoms with E-state index in [4.69, 9.17) is 19.1 Å². The molecule has 146 valence electrons. The van der Waals surface area contributed by atoms with Gasteiger partial charge in [0.1, 0.15) is 17.9 Å². The molecule has 0 bridgehead atoms. The Morgan fingerprint density at radius 2 is 1.89 bits per heavy atom. The summed E-state index contributed by atoms with van der Waals surface area (Å²) in [6, 6.07) is 7.29. The lowest BCUT2D eigenvalue weighted by molar-refractivity contribution is -0.133. The van der Waals surface area contributed by atoms with Gasteiger partial charge in [0, 0.05) is 0 Å². The lowest BCUT2D eigenvalue weighted by atomic mass is 10.0. The fourth-order valence-corrected chi connectivity index (χ4v) is 2.12. The van der Waals surface area contributed by atoms with Crippen molar-refractivity contribution in [2.24, 2.45) is 0 Å². The maximum Gasteiger partial charge on any atom is 0.341 e. The lowest BCUT2D eigenvalue weighted by Crippen LogP contribution is -2.22. The normalized spacial score (nSPS) is 10.5. The SMILES string of the molecule is C=C(NOCc1ccccc1C(=COC)C(=O)OC)C(=C=C(C)C)NOC. The fraction of sp³-hybridized carbons (Fsp3) is 0.300. The first-order valence-corrected chi connectivity index (χ1v) is 8.14. The molecule has 7 heteroatoms. The van der Waals surface area contributed by atoms with Crippen LogP contribution in [-0.4, -0.2) is 27.3 Å². The first-order chi connectivity index (χ1) is 12.9. The van der Waals surface area contributed by atoms with Crippen LogP contribution >= 0.6 is 0 Å². The number of carbonyl (C=O) groups excluding carboxylic acids is 1. The molecule has 1 rings (SSSR count). The molecule has 0 saturated heterocycles. The summed E-state index contributed by atoms with van der Waals surface area (Å²) in [5.41, 5.74) is 12.1. The van der Waals surface area contributed by atoms with E-state index in [0.29, 0.717) is 22.5 Å². The van der Waals surface area contributed by atoms with Crippen molar-refractivity contribution in [3.8, 4) is 0 Å². The highest BCUT2D eigenvalue weighted by Gasteiger charge is 2.16. The Bertz CT molecular complexity index is 757. The Balaban J connectivity index is 2.93. The van der Waals surface area contributed by atoms with Gasteiger partial charge < -0.3 is 9.47 Å². The van der Waals surface area contributed by atoms with Crippen molar-refractivity contribution in [1.82, 2.24) is 11.0 Å². The maximum atomic E-state index is 12.0. The zero-order valence-electron chi connectivity index (χ0n) is 16.3. The topological polar surface area (TPSA) is 78.1 Å². The van der Waals surface area contributed by atoms with E-state index in [0.717, 1.165) is 11.1 Å². The van der Waals surface area contributed by atoms with Crippen LogP contribution in [0.3, 0.4) is 0 Å². The second-order valence-electron chi connectivity index (χ2n) is 5.59. The molecular weight excluding hydrogens is 348 g/mol. The molecule has 0 spiro atoms. The highest BCUT2D eigenvalue weighted by atomic mass is 16.6. The number of esters is 1. The van der Waals surface area contributed by atoms with E-state index in [2.05, 4.69) is 23.3 Å². The standard InChI is InChI=1S/C20H26N2O5/c1-14(2)11-19(22-26-6)15(3)21-27-12-16-9-7-8-10-17(16)18(13-24-4)20(23)25-5/h7-10,13,21-22H,3,12H2,1-2,4-6H3. The quantitative estimate of drug-likeness (QED) is 0.163. The predicted octanol–water partition coefficient (Wildman–Crippen LogP) is 2.98. The first-order valence-electron chi connectivity index (χ1n) is 8.14. The summed E-state index contributed by atoms with van der Waals surface area (Å²) in [5, 5.41) is 0. The molecule has 0 aromatic heterocycles. The molecule has 0 unspecified atom stereocenters. The van der Waals surface area contributed by atoms with Crippen LogP contribution in [-0.2, 0) is 30.6 Å². The monoisotopic (exact) mass is 374 g/mol. The Morgan fingerprint density at radius 3 is 2.48 bits per heavy atom. The Morgan fingerprint density at radius 1 is 1.19 bits per heavy atom. The summed E-state index contributed by atoms with van der Waals surface area (Å²) in [4.78, 5) is 22.5. The molecule has 0 aliphatic rings. The minimum atomic E-state index is -0.500. The van der Waals surface area contributed by atoms with Crippen LogP contribution in [0.2, 0.25) is 0 Å². The lowest BCUT2D eigenvalue weighted by Gasteiger charge is -2.14. The average molecular weight is 374 g/mol. The minimum Gasteiger partial charge on any atom is -0.503 e. The van der Waals surface area contributed by atoms with Crippen molar-refractivity contribution in [3.63, 3.8) is 0 Å². The second kappa shape index (κ2) is 11.6. The molecule has 7 nitrogen and oxygen atoms in total. The van der Waals surface area contributed by atoms with E-state index in [9.17, 15) is 4.79 Å². The number of hydrogen-bond donors (Lipinski definition) is 2. The van der Waals surface area contributed by atoms with Crippen LogP contribution in [0.25, 0.3) is 5.57 Å². The molecule has 0 saturated carbocycles. The first kappa shape index (κ1) is 22.1. The minimum absolute atomic E-state index is 0.169. The van der Waals surface area contributed by atoms with Gasteiger partial charge in [0.15, 0.2) is 0 Å². The van der Waals surface area contributed by atoms with Crippen molar-refractivity contribution in [1.29, 1.82) is 0 Å². The third kappa shape index (κ3) is 7.03. The van der Waals surface area contributed by atoms with Gasteiger partial charge in [-0.15, -0.1) is 0 Å². The van der Waals surface area contributed by atoms with E-state index in [1.54, 1.807) is 6.07 Å². The molecule has 2 N–H and O–H groups in total. The molecule has 0 fully saturated rings. The summed E-state index contributed by atoms with van der Waals surface area (Å²) in [7, 11) is 4.28. The third-order valence-electron chi connectivity index (χ3n) is 3.25. The van der Waals surface area contributed by atoms with E-state index < -0.39 is 5.97 Å². The summed E-state index contributed by atoms with van der Waals surface area (Å²) in [6.07, 6.45) is 1.34. The number of rotatable bonds is 10. The van der Waals surface area contributed by atoms with E-state index in [1.165, 1.54) is 27.6 Å². The predicted molar refractivity (Wildman–Crippen MR) is 103 cm³/mol. The fourth-order valence-electron chi connectivity index (χ4n) is 2.12. The number of methoxy groups -OCH3 is 2. The zero-order chi connectivity index (χ0) is 20.2. The number of ether oxygens (including phenoxy) is 2. The van der Waals surface area contributed by atoms with Gasteiger partial charge in [-0.1, -0.05) is 36.6 Å². The van der Waals surface area contributed by atoms with Crippen molar-refractivity contribution in [2.75, 3.05) is 21.3 Å². The molecule has 0 radical (unpaired) electrons. The summed E-state index contributed by atoms with van der Waals surface area (Å²) in [5.74, 6) is -0.500. The summed E-state index contributed by atoms with van der Waals surface area (Å²) < 4.78 is 9.82. The van der Waals surface area contributed by atoms with Crippen LogP contribution in [0.4, 0.5) is 0 Å². The Hall–Kier alpha value is -2.99. The highest BCUT2D eigenvalue weighted by molar-refractivity contribution is 6.16. The van der Waals surface area contributed by atoms with E-state index >= 15 is 0 Å². The van der Waals surface area contributed by atoms with Crippen molar-refractivity contribution in [2.45, 2.75) is 20.5 Å². The zero-order valence-corrected chi connectivity index (χ0v) is 16.3. The smallest absolute Gasteiger partial charge is 0.341 e. The van der Waals surface area contributed by atoms with Crippen molar-refractivity contribution in [3.05, 3.63) is 70.9 Å². The molecule has 0 aliphatic heterocycles. The van der Waals surface area contributed by atoms with Crippen molar-refractivity contribution >= 4 is 11.5 Å². The molecule has 0 atom stereocenters. The van der Waals surface area contributed by atoms with Crippen LogP contribution < -0.4 is 11.0 Å². The van der Waals surface area contributed by atoms with Crippen molar-refractivity contribution < 1.29 is 23.9 Å². The number of carbonyl (C=O) groups is 1. The van der Waals surface area contributed by atoms with Gasteiger partial charge in [0.25, 0.3) is 0 Å². The number of hydrogen-bond acceptors (Lipinski definition) is 7. The van der Waals surface area contributed by atoms with Gasteiger partial charge in [-0.2, -0.15) is 0 Å². The van der Waals surface area contributed by atoms with Gasteiger partial charge in [0.2, 0.25) is 0 Å². The largest absolute Gasteiger partial charge is 0.503 e. The molecular formula is C20H26N2O5. The number of benzene rings is 1. The van der Waals surface area contributed by atoms with Gasteiger partial charge in [0.05, 0.1) is 33.3 Å².